The lowest BCUT2D eigenvalue weighted by atomic mass is 10.0. The second kappa shape index (κ2) is 5.47. The molecule has 1 fully saturated rings. The molecule has 3 rings (SSSR count). The first-order valence-corrected chi connectivity index (χ1v) is 6.89. The molecule has 0 aromatic carbocycles. The summed E-state index contributed by atoms with van der Waals surface area (Å²) in [6, 6.07) is 0. The standard InChI is InChI=1S/C13H16N6O2/c1-10-3-2-5-17(7-10)12-11(19(20)21)13(16-8-15-12)18-6-4-14-9-18/h4,6,8-10H,2-3,5,7H2,1H3. The molecule has 0 aliphatic carbocycles. The normalized spacial score (nSPS) is 18.7. The van der Waals surface area contributed by atoms with Gasteiger partial charge in [-0.3, -0.25) is 14.7 Å². The minimum absolute atomic E-state index is 0.0652. The Hall–Kier alpha value is -2.51. The van der Waals surface area contributed by atoms with Crippen LogP contribution in [0.2, 0.25) is 0 Å². The summed E-state index contributed by atoms with van der Waals surface area (Å²) in [5.41, 5.74) is -0.0652. The van der Waals surface area contributed by atoms with Gasteiger partial charge in [0.25, 0.3) is 0 Å². The summed E-state index contributed by atoms with van der Waals surface area (Å²) in [7, 11) is 0. The van der Waals surface area contributed by atoms with Gasteiger partial charge < -0.3 is 4.90 Å². The molecule has 1 atom stereocenters. The SMILES string of the molecule is CC1CCCN(c2ncnc(-n3ccnc3)c2[N+](=O)[O-])C1. The molecular weight excluding hydrogens is 272 g/mol. The van der Waals surface area contributed by atoms with Crippen LogP contribution in [0.3, 0.4) is 0 Å². The molecule has 1 aliphatic heterocycles. The van der Waals surface area contributed by atoms with Crippen LogP contribution in [0.4, 0.5) is 11.5 Å². The summed E-state index contributed by atoms with van der Waals surface area (Å²) in [6.07, 6.45) is 8.23. The summed E-state index contributed by atoms with van der Waals surface area (Å²) in [6.45, 7) is 3.71. The van der Waals surface area contributed by atoms with Crippen molar-refractivity contribution in [1.82, 2.24) is 19.5 Å². The van der Waals surface area contributed by atoms with Crippen molar-refractivity contribution < 1.29 is 4.92 Å². The molecule has 3 heterocycles. The second-order valence-electron chi connectivity index (χ2n) is 5.29. The Morgan fingerprint density at radius 3 is 2.86 bits per heavy atom. The first-order chi connectivity index (χ1) is 10.2. The van der Waals surface area contributed by atoms with Crippen LogP contribution < -0.4 is 4.90 Å². The highest BCUT2D eigenvalue weighted by molar-refractivity contribution is 5.65. The number of anilines is 1. The molecule has 1 saturated heterocycles. The van der Waals surface area contributed by atoms with E-state index in [2.05, 4.69) is 21.9 Å². The van der Waals surface area contributed by atoms with Crippen LogP contribution in [0.1, 0.15) is 19.8 Å². The molecule has 2 aromatic rings. The summed E-state index contributed by atoms with van der Waals surface area (Å²) in [4.78, 5) is 25.2. The van der Waals surface area contributed by atoms with E-state index in [4.69, 9.17) is 0 Å². The zero-order chi connectivity index (χ0) is 14.8. The van der Waals surface area contributed by atoms with Crippen LogP contribution in [0.15, 0.2) is 25.0 Å². The second-order valence-corrected chi connectivity index (χ2v) is 5.29. The third kappa shape index (κ3) is 2.56. The highest BCUT2D eigenvalue weighted by atomic mass is 16.6. The van der Waals surface area contributed by atoms with Gasteiger partial charge in [0.15, 0.2) is 0 Å². The molecule has 2 aromatic heterocycles. The van der Waals surface area contributed by atoms with Gasteiger partial charge in [0, 0.05) is 25.5 Å². The molecule has 1 aliphatic rings. The topological polar surface area (TPSA) is 90.0 Å². The third-order valence-corrected chi connectivity index (χ3v) is 3.67. The number of nitrogens with zero attached hydrogens (tertiary/aromatic N) is 6. The maximum Gasteiger partial charge on any atom is 0.354 e. The Balaban J connectivity index is 2.08. The van der Waals surface area contributed by atoms with Crippen LogP contribution >= 0.6 is 0 Å². The number of aromatic nitrogens is 4. The van der Waals surface area contributed by atoms with E-state index in [1.165, 1.54) is 17.2 Å². The first kappa shape index (κ1) is 13.5. The number of nitro groups is 1. The van der Waals surface area contributed by atoms with E-state index in [9.17, 15) is 10.1 Å². The molecular formula is C13H16N6O2. The number of hydrogen-bond donors (Lipinski definition) is 0. The van der Waals surface area contributed by atoms with Crippen LogP contribution in [-0.2, 0) is 0 Å². The highest BCUT2D eigenvalue weighted by Crippen LogP contribution is 2.32. The van der Waals surface area contributed by atoms with Crippen molar-refractivity contribution in [3.8, 4) is 5.82 Å². The molecule has 0 radical (unpaired) electrons. The molecule has 0 saturated carbocycles. The lowest BCUT2D eigenvalue weighted by Crippen LogP contribution is -2.35. The minimum atomic E-state index is -0.413. The Bertz CT molecular complexity index is 642. The van der Waals surface area contributed by atoms with Gasteiger partial charge in [0.2, 0.25) is 11.6 Å². The van der Waals surface area contributed by atoms with Crippen LogP contribution in [0, 0.1) is 16.0 Å². The van der Waals surface area contributed by atoms with Gasteiger partial charge in [-0.05, 0) is 18.8 Å². The quantitative estimate of drug-likeness (QED) is 0.632. The van der Waals surface area contributed by atoms with E-state index in [-0.39, 0.29) is 11.5 Å². The van der Waals surface area contributed by atoms with Gasteiger partial charge in [-0.15, -0.1) is 0 Å². The molecule has 1 unspecified atom stereocenters. The fourth-order valence-corrected chi connectivity index (χ4v) is 2.71. The minimum Gasteiger partial charge on any atom is -0.350 e. The smallest absolute Gasteiger partial charge is 0.350 e. The molecule has 110 valence electrons. The van der Waals surface area contributed by atoms with E-state index in [0.29, 0.717) is 11.7 Å². The van der Waals surface area contributed by atoms with Gasteiger partial charge in [-0.25, -0.2) is 15.0 Å². The van der Waals surface area contributed by atoms with Crippen molar-refractivity contribution in [2.75, 3.05) is 18.0 Å². The maximum atomic E-state index is 11.5. The average Bonchev–Trinajstić information content (AvgIpc) is 3.00. The van der Waals surface area contributed by atoms with Crippen molar-refractivity contribution >= 4 is 11.5 Å². The number of imidazole rings is 1. The molecule has 8 heteroatoms. The van der Waals surface area contributed by atoms with Crippen molar-refractivity contribution in [1.29, 1.82) is 0 Å². The Morgan fingerprint density at radius 2 is 2.19 bits per heavy atom. The van der Waals surface area contributed by atoms with E-state index >= 15 is 0 Å². The number of hydrogen-bond acceptors (Lipinski definition) is 6. The largest absolute Gasteiger partial charge is 0.354 e. The zero-order valence-corrected chi connectivity index (χ0v) is 11.7. The van der Waals surface area contributed by atoms with Gasteiger partial charge in [-0.1, -0.05) is 6.92 Å². The lowest BCUT2D eigenvalue weighted by molar-refractivity contribution is -0.384. The van der Waals surface area contributed by atoms with Crippen LogP contribution in [0.25, 0.3) is 5.82 Å². The predicted octanol–water partition coefficient (Wildman–Crippen LogP) is 1.81. The fraction of sp³-hybridized carbons (Fsp3) is 0.462. The predicted molar refractivity (Wildman–Crippen MR) is 76.4 cm³/mol. The molecule has 0 amide bonds. The summed E-state index contributed by atoms with van der Waals surface area (Å²) >= 11 is 0. The van der Waals surface area contributed by atoms with Gasteiger partial charge in [0.05, 0.1) is 4.92 Å². The molecule has 0 N–H and O–H groups in total. The Kier molecular flexibility index (Phi) is 3.51. The van der Waals surface area contributed by atoms with Crippen LogP contribution in [-0.4, -0.2) is 37.5 Å². The van der Waals surface area contributed by atoms with Crippen molar-refractivity contribution in [2.45, 2.75) is 19.8 Å². The maximum absolute atomic E-state index is 11.5. The summed E-state index contributed by atoms with van der Waals surface area (Å²) < 4.78 is 1.54. The van der Waals surface area contributed by atoms with Gasteiger partial charge in [-0.2, -0.15) is 0 Å². The monoisotopic (exact) mass is 288 g/mol. The van der Waals surface area contributed by atoms with Crippen molar-refractivity contribution in [3.63, 3.8) is 0 Å². The Morgan fingerprint density at radius 1 is 1.38 bits per heavy atom. The van der Waals surface area contributed by atoms with E-state index in [1.807, 2.05) is 4.90 Å². The van der Waals surface area contributed by atoms with E-state index in [1.54, 1.807) is 12.4 Å². The summed E-state index contributed by atoms with van der Waals surface area (Å²) in [5, 5.41) is 11.5. The first-order valence-electron chi connectivity index (χ1n) is 6.89. The highest BCUT2D eigenvalue weighted by Gasteiger charge is 2.29. The molecule has 0 bridgehead atoms. The average molecular weight is 288 g/mol. The zero-order valence-electron chi connectivity index (χ0n) is 11.7. The number of rotatable bonds is 3. The summed E-state index contributed by atoms with van der Waals surface area (Å²) in [5.74, 6) is 1.15. The molecule has 21 heavy (non-hydrogen) atoms. The molecule has 8 nitrogen and oxygen atoms in total. The van der Waals surface area contributed by atoms with Gasteiger partial charge in [0.1, 0.15) is 12.7 Å². The van der Waals surface area contributed by atoms with Crippen LogP contribution in [0.5, 0.6) is 0 Å². The molecule has 0 spiro atoms. The Labute approximate surface area is 121 Å². The van der Waals surface area contributed by atoms with Crippen molar-refractivity contribution in [2.24, 2.45) is 5.92 Å². The van der Waals surface area contributed by atoms with Crippen molar-refractivity contribution in [3.05, 3.63) is 35.2 Å². The third-order valence-electron chi connectivity index (χ3n) is 3.67. The van der Waals surface area contributed by atoms with E-state index in [0.717, 1.165) is 25.9 Å². The number of piperidine rings is 1. The van der Waals surface area contributed by atoms with E-state index < -0.39 is 4.92 Å². The van der Waals surface area contributed by atoms with Gasteiger partial charge >= 0.3 is 5.69 Å². The fourth-order valence-electron chi connectivity index (χ4n) is 2.71. The lowest BCUT2D eigenvalue weighted by Gasteiger charge is -2.31.